The fourth-order valence-corrected chi connectivity index (χ4v) is 2.84. The van der Waals surface area contributed by atoms with Crippen molar-refractivity contribution in [3.63, 3.8) is 0 Å². The van der Waals surface area contributed by atoms with Gasteiger partial charge in [0.15, 0.2) is 0 Å². The third-order valence-corrected chi connectivity index (χ3v) is 4.08. The first-order valence-corrected chi connectivity index (χ1v) is 7.86. The molecule has 0 atom stereocenters. The predicted molar refractivity (Wildman–Crippen MR) is 81.4 cm³/mol. The third kappa shape index (κ3) is 4.25. The van der Waals surface area contributed by atoms with E-state index >= 15 is 0 Å². The van der Waals surface area contributed by atoms with Crippen molar-refractivity contribution >= 4 is 15.9 Å². The molecule has 0 saturated carbocycles. The number of hydrogen-bond acceptors (Lipinski definition) is 7. The van der Waals surface area contributed by atoms with Crippen LogP contribution in [0.4, 0.5) is 0 Å². The summed E-state index contributed by atoms with van der Waals surface area (Å²) >= 11 is 0. The fraction of sp³-hybridized carbons (Fsp3) is 0.133. The van der Waals surface area contributed by atoms with Crippen molar-refractivity contribution < 1.29 is 67.0 Å². The molecule has 0 amide bonds. The average molecular weight is 376 g/mol. The van der Waals surface area contributed by atoms with Gasteiger partial charge in [0, 0.05) is 16.2 Å². The van der Waals surface area contributed by atoms with Gasteiger partial charge < -0.3 is 24.5 Å². The number of phenols is 2. The molecular formula is C15H13NaO8S. The monoisotopic (exact) mass is 376 g/mol. The van der Waals surface area contributed by atoms with E-state index in [4.69, 9.17) is 4.74 Å². The van der Waals surface area contributed by atoms with Gasteiger partial charge in [-0.1, -0.05) is 6.07 Å². The first-order chi connectivity index (χ1) is 11.2. The first kappa shape index (κ1) is 21.3. The van der Waals surface area contributed by atoms with E-state index in [-0.39, 0.29) is 35.1 Å². The zero-order chi connectivity index (χ0) is 18.1. The number of phenolic OH excluding ortho intramolecular Hbond substituents is 2. The molecule has 10 heteroatoms. The quantitative estimate of drug-likeness (QED) is 0.187. The normalized spacial score (nSPS) is 10.7. The molecule has 3 N–H and O–H groups in total. The van der Waals surface area contributed by atoms with Gasteiger partial charge in [-0.2, -0.15) is 8.42 Å². The molecule has 2 rings (SSSR count). The Bertz CT molecular complexity index is 891. The number of ether oxygens (including phenoxy) is 2. The molecular weight excluding hydrogens is 363 g/mol. The molecule has 0 spiro atoms. The number of carbonyl (C=O) groups is 1. The minimum Gasteiger partial charge on any atom is -0.561 e. The molecule has 0 radical (unpaired) electrons. The van der Waals surface area contributed by atoms with Crippen molar-refractivity contribution in [3.8, 4) is 23.0 Å². The summed E-state index contributed by atoms with van der Waals surface area (Å²) in [7, 11) is -2.53. The van der Waals surface area contributed by atoms with Gasteiger partial charge in [-0.3, -0.25) is 4.55 Å². The number of carbonyl (C=O) groups excluding carboxylic acids is 1. The standard InChI is InChI=1S/C15H13O8S.Na/c1-22-9-5-3-8(4-6-9)13(17)12-10(16)7-11(23-2)14(18)15(12)24(19,20)21;/h3-6,16,18H,1-2H3,(H,19,20,21);/q-1;+1. The van der Waals surface area contributed by atoms with Crippen LogP contribution in [0, 0.1) is 6.07 Å². The van der Waals surface area contributed by atoms with Crippen molar-refractivity contribution in [3.05, 3.63) is 41.5 Å². The van der Waals surface area contributed by atoms with E-state index in [1.807, 2.05) is 0 Å². The van der Waals surface area contributed by atoms with Crippen LogP contribution in [-0.2, 0) is 10.1 Å². The molecule has 128 valence electrons. The van der Waals surface area contributed by atoms with Crippen LogP contribution in [0.25, 0.3) is 0 Å². The second-order valence-electron chi connectivity index (χ2n) is 4.59. The second-order valence-corrected chi connectivity index (χ2v) is 5.95. The van der Waals surface area contributed by atoms with Crippen LogP contribution in [-0.4, -0.2) is 43.2 Å². The Labute approximate surface area is 166 Å². The molecule has 0 aliphatic carbocycles. The van der Waals surface area contributed by atoms with Crippen molar-refractivity contribution in [2.45, 2.75) is 4.90 Å². The minimum absolute atomic E-state index is 0. The second kappa shape index (κ2) is 8.07. The number of aromatic hydroxyl groups is 2. The summed E-state index contributed by atoms with van der Waals surface area (Å²) < 4.78 is 42.1. The molecule has 25 heavy (non-hydrogen) atoms. The molecule has 0 fully saturated rings. The average Bonchev–Trinajstić information content (AvgIpc) is 2.54. The van der Waals surface area contributed by atoms with E-state index in [0.29, 0.717) is 5.75 Å². The van der Waals surface area contributed by atoms with E-state index in [1.54, 1.807) is 0 Å². The Balaban J connectivity index is 0.00000312. The summed E-state index contributed by atoms with van der Waals surface area (Å²) in [5.74, 6) is -2.95. The Morgan fingerprint density at radius 1 is 1.08 bits per heavy atom. The largest absolute Gasteiger partial charge is 1.00 e. The molecule has 0 heterocycles. The Hall–Kier alpha value is -1.78. The maximum absolute atomic E-state index is 12.5. The SMILES string of the molecule is COc1ccc(C(=O)c2c(O)[c-]c(OC)c(O)c2S(=O)(=O)O)cc1.[Na+]. The first-order valence-electron chi connectivity index (χ1n) is 6.42. The van der Waals surface area contributed by atoms with Crippen LogP contribution in [0.15, 0.2) is 29.2 Å². The molecule has 2 aromatic rings. The van der Waals surface area contributed by atoms with Gasteiger partial charge in [0.1, 0.15) is 11.5 Å². The topological polar surface area (TPSA) is 130 Å². The summed E-state index contributed by atoms with van der Waals surface area (Å²) in [4.78, 5) is 11.4. The van der Waals surface area contributed by atoms with Gasteiger partial charge in [0.05, 0.1) is 25.7 Å². The zero-order valence-corrected chi connectivity index (χ0v) is 16.4. The minimum atomic E-state index is -5.04. The van der Waals surface area contributed by atoms with Crippen molar-refractivity contribution in [2.24, 2.45) is 0 Å². The van der Waals surface area contributed by atoms with Crippen LogP contribution < -0.4 is 39.0 Å². The number of benzene rings is 2. The summed E-state index contributed by atoms with van der Waals surface area (Å²) in [5, 5.41) is 19.9. The number of methoxy groups -OCH3 is 2. The Kier molecular flexibility index (Phi) is 6.86. The maximum atomic E-state index is 12.5. The third-order valence-electron chi connectivity index (χ3n) is 3.17. The smallest absolute Gasteiger partial charge is 0.561 e. The van der Waals surface area contributed by atoms with Gasteiger partial charge in [0.2, 0.25) is 0 Å². The van der Waals surface area contributed by atoms with E-state index in [1.165, 1.54) is 31.4 Å². The van der Waals surface area contributed by atoms with E-state index in [2.05, 4.69) is 10.8 Å². The fourth-order valence-electron chi connectivity index (χ4n) is 2.05. The van der Waals surface area contributed by atoms with Crippen LogP contribution >= 0.6 is 0 Å². The predicted octanol–water partition coefficient (Wildman–Crippen LogP) is -1.60. The van der Waals surface area contributed by atoms with Crippen molar-refractivity contribution in [1.82, 2.24) is 0 Å². The molecule has 0 aliphatic heterocycles. The molecule has 0 unspecified atom stereocenters. The molecule has 2 aromatic carbocycles. The van der Waals surface area contributed by atoms with Crippen LogP contribution in [0.3, 0.4) is 0 Å². The van der Waals surface area contributed by atoms with E-state index in [9.17, 15) is 28.0 Å². The van der Waals surface area contributed by atoms with Crippen LogP contribution in [0.2, 0.25) is 0 Å². The summed E-state index contributed by atoms with van der Waals surface area (Å²) in [6.45, 7) is 0. The summed E-state index contributed by atoms with van der Waals surface area (Å²) in [6, 6.07) is 7.70. The summed E-state index contributed by atoms with van der Waals surface area (Å²) in [5.41, 5.74) is -0.824. The van der Waals surface area contributed by atoms with Crippen molar-refractivity contribution in [1.29, 1.82) is 0 Å². The Morgan fingerprint density at radius 2 is 1.64 bits per heavy atom. The van der Waals surface area contributed by atoms with E-state index < -0.39 is 43.6 Å². The number of ketones is 1. The maximum Gasteiger partial charge on any atom is 1.00 e. The number of hydrogen-bond donors (Lipinski definition) is 3. The molecule has 8 nitrogen and oxygen atoms in total. The number of rotatable bonds is 5. The van der Waals surface area contributed by atoms with Crippen LogP contribution in [0.5, 0.6) is 23.0 Å². The van der Waals surface area contributed by atoms with Gasteiger partial charge >= 0.3 is 29.6 Å². The van der Waals surface area contributed by atoms with Crippen molar-refractivity contribution in [2.75, 3.05) is 14.2 Å². The molecule has 0 aliphatic rings. The van der Waals surface area contributed by atoms with Gasteiger partial charge in [-0.15, -0.1) is 0 Å². The molecule has 0 saturated heterocycles. The summed E-state index contributed by atoms with van der Waals surface area (Å²) in [6.07, 6.45) is 0. The van der Waals surface area contributed by atoms with Gasteiger partial charge in [0.25, 0.3) is 10.1 Å². The molecule has 0 aromatic heterocycles. The molecule has 0 bridgehead atoms. The van der Waals surface area contributed by atoms with Gasteiger partial charge in [-0.05, 0) is 29.8 Å². The van der Waals surface area contributed by atoms with Gasteiger partial charge in [-0.25, -0.2) is 0 Å². The van der Waals surface area contributed by atoms with E-state index in [0.717, 1.165) is 7.11 Å². The Morgan fingerprint density at radius 3 is 2.08 bits per heavy atom. The van der Waals surface area contributed by atoms with Crippen LogP contribution in [0.1, 0.15) is 15.9 Å². The zero-order valence-electron chi connectivity index (χ0n) is 13.6.